The Morgan fingerprint density at radius 2 is 2.11 bits per heavy atom. The fourth-order valence-electron chi connectivity index (χ4n) is 2.06. The molecule has 0 saturated heterocycles. The molecule has 1 heterocycles. The van der Waals surface area contributed by atoms with Crippen molar-refractivity contribution in [2.24, 2.45) is 4.99 Å². The Morgan fingerprint density at radius 1 is 1.33 bits per heavy atom. The lowest BCUT2D eigenvalue weighted by Crippen LogP contribution is -2.22. The number of rotatable bonds is 8. The number of amidine groups is 1. The normalized spacial score (nSPS) is 20.0. The number of hydrogen-bond donors (Lipinski definition) is 1. The molecule has 106 valence electrons. The Bertz CT molecular complexity index is 261. The Kier molecular flexibility index (Phi) is 7.38. The van der Waals surface area contributed by atoms with Crippen LogP contribution in [0.15, 0.2) is 4.99 Å². The van der Waals surface area contributed by atoms with E-state index in [1.54, 1.807) is 0 Å². The number of hydrogen-bond acceptors (Lipinski definition) is 3. The maximum absolute atomic E-state index is 4.79. The van der Waals surface area contributed by atoms with Gasteiger partial charge in [0, 0.05) is 20.2 Å². The van der Waals surface area contributed by atoms with Crippen molar-refractivity contribution >= 4 is 25.9 Å². The van der Waals surface area contributed by atoms with Gasteiger partial charge < -0.3 is 4.72 Å². The average Bonchev–Trinajstić information content (AvgIpc) is 2.72. The highest BCUT2D eigenvalue weighted by molar-refractivity contribution is 7.98. The molecule has 1 unspecified atom stereocenters. The van der Waals surface area contributed by atoms with E-state index in [1.165, 1.54) is 49.7 Å². The first-order valence-electron chi connectivity index (χ1n) is 7.46. The summed E-state index contributed by atoms with van der Waals surface area (Å²) in [6.07, 6.45) is 7.74. The molecule has 4 heteroatoms. The third-order valence-corrected chi connectivity index (χ3v) is 6.24. The van der Waals surface area contributed by atoms with Crippen LogP contribution in [0.1, 0.15) is 45.4 Å². The second-order valence-corrected chi connectivity index (χ2v) is 13.0. The van der Waals surface area contributed by atoms with Crippen LogP contribution in [0.25, 0.3) is 0 Å². The van der Waals surface area contributed by atoms with E-state index in [1.807, 2.05) is 11.9 Å². The van der Waals surface area contributed by atoms with Crippen LogP contribution in [0.2, 0.25) is 25.7 Å². The van der Waals surface area contributed by atoms with E-state index in [2.05, 4.69) is 31.3 Å². The molecule has 1 rings (SSSR count). The van der Waals surface area contributed by atoms with Crippen molar-refractivity contribution in [2.45, 2.75) is 77.2 Å². The van der Waals surface area contributed by atoms with E-state index in [-0.39, 0.29) is 0 Å². The molecule has 1 aliphatic heterocycles. The van der Waals surface area contributed by atoms with Gasteiger partial charge in [0.1, 0.15) is 5.84 Å². The summed E-state index contributed by atoms with van der Waals surface area (Å²) < 4.78 is 3.46. The summed E-state index contributed by atoms with van der Waals surface area (Å²) in [7, 11) is -0.870. The molecule has 0 spiro atoms. The van der Waals surface area contributed by atoms with Crippen LogP contribution in [-0.2, 0) is 0 Å². The first kappa shape index (κ1) is 16.1. The molecule has 0 amide bonds. The van der Waals surface area contributed by atoms with Gasteiger partial charge >= 0.3 is 0 Å². The van der Waals surface area contributed by atoms with Gasteiger partial charge in [0.15, 0.2) is 0 Å². The van der Waals surface area contributed by atoms with Crippen molar-refractivity contribution in [3.8, 4) is 0 Å². The summed E-state index contributed by atoms with van der Waals surface area (Å²) in [5, 5.41) is 0. The molecule has 0 fully saturated rings. The fourth-order valence-corrected chi connectivity index (χ4v) is 5.34. The molecule has 0 aromatic rings. The van der Waals surface area contributed by atoms with Crippen molar-refractivity contribution in [3.05, 3.63) is 0 Å². The van der Waals surface area contributed by atoms with Crippen molar-refractivity contribution < 1.29 is 0 Å². The monoisotopic (exact) mass is 286 g/mol. The van der Waals surface area contributed by atoms with Gasteiger partial charge in [0.25, 0.3) is 0 Å². The summed E-state index contributed by atoms with van der Waals surface area (Å²) in [4.78, 5) is 4.79. The highest BCUT2D eigenvalue weighted by atomic mass is 32.2. The summed E-state index contributed by atoms with van der Waals surface area (Å²) in [5.41, 5.74) is 0. The van der Waals surface area contributed by atoms with E-state index in [4.69, 9.17) is 4.99 Å². The van der Waals surface area contributed by atoms with Crippen LogP contribution >= 0.6 is 11.9 Å². The van der Waals surface area contributed by atoms with Crippen LogP contribution in [0.3, 0.4) is 0 Å². The van der Waals surface area contributed by atoms with E-state index in [0.29, 0.717) is 6.04 Å². The first-order valence-corrected chi connectivity index (χ1v) is 12.1. The molecule has 0 aromatic heterocycles. The molecule has 0 saturated carbocycles. The highest BCUT2D eigenvalue weighted by Gasteiger charge is 2.17. The lowest BCUT2D eigenvalue weighted by Gasteiger charge is -2.15. The number of nitrogens with zero attached hydrogens (tertiary/aromatic N) is 1. The Hall–Kier alpha value is 0.0369. The van der Waals surface area contributed by atoms with Crippen LogP contribution < -0.4 is 4.72 Å². The van der Waals surface area contributed by atoms with Crippen molar-refractivity contribution in [1.29, 1.82) is 0 Å². The quantitative estimate of drug-likeness (QED) is 0.397. The van der Waals surface area contributed by atoms with Crippen LogP contribution in [-0.4, -0.2) is 25.7 Å². The van der Waals surface area contributed by atoms with E-state index < -0.39 is 8.07 Å². The zero-order chi connectivity index (χ0) is 13.4. The summed E-state index contributed by atoms with van der Waals surface area (Å²) >= 11 is 1.86. The second kappa shape index (κ2) is 8.26. The third kappa shape index (κ3) is 7.47. The molecular weight excluding hydrogens is 256 g/mol. The lowest BCUT2D eigenvalue weighted by molar-refractivity contribution is 0.560. The first-order chi connectivity index (χ1) is 8.51. The number of nitrogens with one attached hydrogen (secondary N) is 1. The SMILES string of the molecule is CCCCCC1CCC(NSCC[Si](C)(C)C)=N1. The summed E-state index contributed by atoms with van der Waals surface area (Å²) in [6, 6.07) is 1.99. The second-order valence-electron chi connectivity index (χ2n) is 6.53. The zero-order valence-electron chi connectivity index (χ0n) is 12.6. The van der Waals surface area contributed by atoms with Crippen molar-refractivity contribution in [1.82, 2.24) is 4.72 Å². The molecule has 1 N–H and O–H groups in total. The number of unbranched alkanes of at least 4 members (excludes halogenated alkanes) is 2. The van der Waals surface area contributed by atoms with Gasteiger partial charge in [0.2, 0.25) is 0 Å². The fraction of sp³-hybridized carbons (Fsp3) is 0.929. The van der Waals surface area contributed by atoms with E-state index in [9.17, 15) is 0 Å². The van der Waals surface area contributed by atoms with Gasteiger partial charge in [-0.25, -0.2) is 0 Å². The van der Waals surface area contributed by atoms with E-state index in [0.717, 1.165) is 6.42 Å². The average molecular weight is 287 g/mol. The van der Waals surface area contributed by atoms with Crippen LogP contribution in [0.4, 0.5) is 0 Å². The van der Waals surface area contributed by atoms with E-state index >= 15 is 0 Å². The molecule has 0 aromatic carbocycles. The predicted octanol–water partition coefficient (Wildman–Crippen LogP) is 4.70. The molecule has 1 aliphatic rings. The van der Waals surface area contributed by atoms with Gasteiger partial charge in [-0.05, 0) is 18.9 Å². The predicted molar refractivity (Wildman–Crippen MR) is 88.3 cm³/mol. The maximum atomic E-state index is 4.79. The molecule has 1 atom stereocenters. The highest BCUT2D eigenvalue weighted by Crippen LogP contribution is 2.19. The Balaban J connectivity index is 2.10. The van der Waals surface area contributed by atoms with Crippen molar-refractivity contribution in [2.75, 3.05) is 5.75 Å². The van der Waals surface area contributed by atoms with Crippen LogP contribution in [0.5, 0.6) is 0 Å². The molecule has 0 aliphatic carbocycles. The minimum atomic E-state index is -0.870. The van der Waals surface area contributed by atoms with Gasteiger partial charge in [-0.2, -0.15) is 0 Å². The standard InChI is InChI=1S/C14H30N2SSi/c1-5-6-7-8-13-9-10-14(15-13)16-17-11-12-18(2,3)4/h13H,5-12H2,1-4H3,(H,15,16). The topological polar surface area (TPSA) is 24.4 Å². The Labute approximate surface area is 119 Å². The smallest absolute Gasteiger partial charge is 0.107 e. The van der Waals surface area contributed by atoms with Gasteiger partial charge in [-0.3, -0.25) is 4.99 Å². The third-order valence-electron chi connectivity index (χ3n) is 3.34. The van der Waals surface area contributed by atoms with Gasteiger partial charge in [0.05, 0.1) is 6.04 Å². The van der Waals surface area contributed by atoms with Gasteiger partial charge in [-0.15, -0.1) is 0 Å². The maximum Gasteiger partial charge on any atom is 0.107 e. The largest absolute Gasteiger partial charge is 0.318 e. The summed E-state index contributed by atoms with van der Waals surface area (Å²) in [5.74, 6) is 2.48. The molecule has 0 radical (unpaired) electrons. The molecule has 18 heavy (non-hydrogen) atoms. The summed E-state index contributed by atoms with van der Waals surface area (Å²) in [6.45, 7) is 9.57. The minimum Gasteiger partial charge on any atom is -0.318 e. The number of aliphatic imine (C=N–C) groups is 1. The molecular formula is C14H30N2SSi. The molecule has 2 nitrogen and oxygen atoms in total. The van der Waals surface area contributed by atoms with Crippen molar-refractivity contribution in [3.63, 3.8) is 0 Å². The zero-order valence-corrected chi connectivity index (χ0v) is 14.4. The Morgan fingerprint density at radius 3 is 2.78 bits per heavy atom. The minimum absolute atomic E-state index is 0.608. The lowest BCUT2D eigenvalue weighted by atomic mass is 10.1. The van der Waals surface area contributed by atoms with Crippen LogP contribution in [0, 0.1) is 0 Å². The van der Waals surface area contributed by atoms with Gasteiger partial charge in [-0.1, -0.05) is 57.8 Å². The molecule has 0 bridgehead atoms.